The van der Waals surface area contributed by atoms with E-state index >= 15 is 0 Å². The third-order valence-electron chi connectivity index (χ3n) is 16.7. The quantitative estimate of drug-likeness (QED) is 0.211. The Bertz CT molecular complexity index is 1340. The molecule has 6 fully saturated rings. The lowest BCUT2D eigenvalue weighted by molar-refractivity contribution is -0.250. The molecule has 6 aliphatic rings. The number of rotatable bonds is 7. The van der Waals surface area contributed by atoms with E-state index in [0.717, 1.165) is 51.5 Å². The van der Waals surface area contributed by atoms with Gasteiger partial charge in [-0.05, 0) is 143 Å². The van der Waals surface area contributed by atoms with Crippen LogP contribution in [0.5, 0.6) is 0 Å². The van der Waals surface area contributed by atoms with E-state index in [0.29, 0.717) is 48.5 Å². The average molecular weight is 667 g/mol. The number of nitrogens with zero attached hydrogens (tertiary/aromatic N) is 1. The van der Waals surface area contributed by atoms with Gasteiger partial charge >= 0.3 is 11.9 Å². The Morgan fingerprint density at radius 3 is 2.23 bits per heavy atom. The second-order valence-corrected chi connectivity index (χ2v) is 19.8. The Morgan fingerprint density at radius 2 is 1.60 bits per heavy atom. The van der Waals surface area contributed by atoms with Crippen LogP contribution in [-0.2, 0) is 19.1 Å². The third kappa shape index (κ3) is 5.32. The van der Waals surface area contributed by atoms with E-state index in [-0.39, 0.29) is 45.6 Å². The molecule has 0 aromatic heterocycles. The molecule has 48 heavy (non-hydrogen) atoms. The zero-order chi connectivity index (χ0) is 35.2. The second kappa shape index (κ2) is 11.8. The molecule has 0 radical (unpaired) electrons. The first-order valence-electron chi connectivity index (χ1n) is 19.3. The lowest BCUT2D eigenvalue weighted by atomic mass is 9.32. The number of fused-ring (bicyclic) bond motifs is 7. The predicted octanol–water partition coefficient (Wildman–Crippen LogP) is 8.01. The molecule has 1 saturated heterocycles. The van der Waals surface area contributed by atoms with Gasteiger partial charge in [-0.15, -0.1) is 0 Å². The number of carbonyl (C=O) groups excluding carboxylic acids is 2. The number of carboxylic acids is 1. The number of nitrogens with two attached hydrogens (primary N) is 1. The molecule has 0 bridgehead atoms. The van der Waals surface area contributed by atoms with Crippen LogP contribution in [0.15, 0.2) is 12.2 Å². The standard InChI is InChI=1S/C41H66N2O5/c1-25(2)27-12-18-41(22-32(44)43-21-15-26(42)24-43)20-19-39(8)28(34(27)41)10-11-30-38(7)16-14-31(48-33(45)23-36(3,4)35(46)47)37(5,6)29(38)13-17-40(30,39)9/h26-31,34H,1,10-24,42H2,2-9H3,(H,46,47)/t26-,27+,28-,29+,30-,31+,34-,38+,39-,40-,41-/m1/s1. The van der Waals surface area contributed by atoms with Crippen LogP contribution in [0.25, 0.3) is 0 Å². The summed E-state index contributed by atoms with van der Waals surface area (Å²) in [6.07, 6.45) is 12.6. The van der Waals surface area contributed by atoms with Gasteiger partial charge in [-0.25, -0.2) is 0 Å². The van der Waals surface area contributed by atoms with Crippen LogP contribution in [0, 0.1) is 62.1 Å². The van der Waals surface area contributed by atoms with Crippen molar-refractivity contribution in [2.45, 2.75) is 151 Å². The zero-order valence-electron chi connectivity index (χ0n) is 31.5. The normalized spacial score (nSPS) is 44.9. The molecule has 5 aliphatic carbocycles. The Hall–Kier alpha value is -1.89. The highest BCUT2D eigenvalue weighted by Crippen LogP contribution is 2.78. The smallest absolute Gasteiger partial charge is 0.309 e. The molecule has 11 atom stereocenters. The van der Waals surface area contributed by atoms with Crippen LogP contribution in [0.4, 0.5) is 0 Å². The highest BCUT2D eigenvalue weighted by molar-refractivity contribution is 5.81. The fraction of sp³-hybridized carbons (Fsp3) is 0.878. The molecule has 270 valence electrons. The molecule has 0 aromatic rings. The number of allylic oxidation sites excluding steroid dienone is 1. The Kier molecular flexibility index (Phi) is 8.86. The molecule has 0 unspecified atom stereocenters. The largest absolute Gasteiger partial charge is 0.481 e. The van der Waals surface area contributed by atoms with E-state index in [2.05, 4.69) is 53.0 Å². The Morgan fingerprint density at radius 1 is 0.896 bits per heavy atom. The van der Waals surface area contributed by atoms with Gasteiger partial charge in [0.2, 0.25) is 5.91 Å². The summed E-state index contributed by atoms with van der Waals surface area (Å²) in [4.78, 5) is 40.7. The minimum absolute atomic E-state index is 0.0704. The van der Waals surface area contributed by atoms with Crippen molar-refractivity contribution in [1.82, 2.24) is 4.90 Å². The molecule has 6 rings (SSSR count). The van der Waals surface area contributed by atoms with Crippen LogP contribution >= 0.6 is 0 Å². The maximum Gasteiger partial charge on any atom is 0.309 e. The molecule has 5 saturated carbocycles. The van der Waals surface area contributed by atoms with E-state index in [1.807, 2.05) is 0 Å². The van der Waals surface area contributed by atoms with E-state index < -0.39 is 17.4 Å². The van der Waals surface area contributed by atoms with Gasteiger partial charge in [0.15, 0.2) is 0 Å². The van der Waals surface area contributed by atoms with Crippen molar-refractivity contribution in [3.63, 3.8) is 0 Å². The summed E-state index contributed by atoms with van der Waals surface area (Å²) in [6.45, 7) is 24.0. The molecule has 1 aliphatic heterocycles. The lowest BCUT2D eigenvalue weighted by Crippen LogP contribution is -2.67. The molecule has 3 N–H and O–H groups in total. The second-order valence-electron chi connectivity index (χ2n) is 19.8. The number of hydrogen-bond donors (Lipinski definition) is 2. The summed E-state index contributed by atoms with van der Waals surface area (Å²) in [5.41, 5.74) is 6.84. The minimum Gasteiger partial charge on any atom is -0.481 e. The fourth-order valence-electron chi connectivity index (χ4n) is 13.8. The van der Waals surface area contributed by atoms with Crippen LogP contribution < -0.4 is 5.73 Å². The van der Waals surface area contributed by atoms with Crippen molar-refractivity contribution in [2.75, 3.05) is 13.1 Å². The summed E-state index contributed by atoms with van der Waals surface area (Å²) in [7, 11) is 0. The molecule has 0 spiro atoms. The summed E-state index contributed by atoms with van der Waals surface area (Å²) < 4.78 is 6.17. The monoisotopic (exact) mass is 666 g/mol. The van der Waals surface area contributed by atoms with Crippen LogP contribution in [0.3, 0.4) is 0 Å². The molecular weight excluding hydrogens is 600 g/mol. The Balaban J connectivity index is 1.25. The number of hydrogen-bond acceptors (Lipinski definition) is 5. The van der Waals surface area contributed by atoms with Crippen molar-refractivity contribution in [1.29, 1.82) is 0 Å². The molecule has 1 heterocycles. The number of carbonyl (C=O) groups is 3. The Labute approximate surface area is 290 Å². The number of amides is 1. The van der Waals surface area contributed by atoms with Gasteiger partial charge in [-0.3, -0.25) is 14.4 Å². The molecule has 7 heteroatoms. The molecular formula is C41H66N2O5. The summed E-state index contributed by atoms with van der Waals surface area (Å²) in [6, 6.07) is 0.117. The van der Waals surface area contributed by atoms with Gasteiger partial charge in [-0.1, -0.05) is 46.8 Å². The van der Waals surface area contributed by atoms with Gasteiger partial charge in [0.05, 0.1) is 11.8 Å². The van der Waals surface area contributed by atoms with Crippen molar-refractivity contribution in [3.05, 3.63) is 12.2 Å². The topological polar surface area (TPSA) is 110 Å². The number of likely N-dealkylation sites (tertiary alicyclic amines) is 1. The predicted molar refractivity (Wildman–Crippen MR) is 189 cm³/mol. The van der Waals surface area contributed by atoms with E-state index in [4.69, 9.17) is 10.5 Å². The van der Waals surface area contributed by atoms with E-state index in [1.165, 1.54) is 31.3 Å². The highest BCUT2D eigenvalue weighted by Gasteiger charge is 2.71. The van der Waals surface area contributed by atoms with Crippen LogP contribution in [0.1, 0.15) is 139 Å². The summed E-state index contributed by atoms with van der Waals surface area (Å²) in [5, 5.41) is 9.59. The zero-order valence-corrected chi connectivity index (χ0v) is 31.5. The van der Waals surface area contributed by atoms with Crippen LogP contribution in [-0.4, -0.2) is 53.1 Å². The van der Waals surface area contributed by atoms with E-state index in [9.17, 15) is 19.5 Å². The number of carboxylic acid groups (broad SMARTS) is 1. The number of aliphatic carboxylic acids is 1. The molecule has 0 aromatic carbocycles. The molecule has 7 nitrogen and oxygen atoms in total. The van der Waals surface area contributed by atoms with Crippen molar-refractivity contribution in [2.24, 2.45) is 67.8 Å². The van der Waals surface area contributed by atoms with Gasteiger partial charge in [-0.2, -0.15) is 0 Å². The number of ether oxygens (including phenoxy) is 1. The molecule has 1 amide bonds. The van der Waals surface area contributed by atoms with E-state index in [1.54, 1.807) is 13.8 Å². The lowest BCUT2D eigenvalue weighted by Gasteiger charge is -2.73. The van der Waals surface area contributed by atoms with Gasteiger partial charge in [0.1, 0.15) is 6.10 Å². The third-order valence-corrected chi connectivity index (χ3v) is 16.7. The van der Waals surface area contributed by atoms with Gasteiger partial charge in [0, 0.05) is 31.0 Å². The van der Waals surface area contributed by atoms with Gasteiger partial charge < -0.3 is 20.5 Å². The maximum absolute atomic E-state index is 13.8. The summed E-state index contributed by atoms with van der Waals surface area (Å²) >= 11 is 0. The van der Waals surface area contributed by atoms with Gasteiger partial charge in [0.25, 0.3) is 0 Å². The highest BCUT2D eigenvalue weighted by atomic mass is 16.5. The average Bonchev–Trinajstić information content (AvgIpc) is 3.59. The fourth-order valence-corrected chi connectivity index (χ4v) is 13.8. The first kappa shape index (κ1) is 35.9. The first-order chi connectivity index (χ1) is 22.2. The maximum atomic E-state index is 13.8. The van der Waals surface area contributed by atoms with Crippen molar-refractivity contribution < 1.29 is 24.2 Å². The van der Waals surface area contributed by atoms with Crippen LogP contribution in [0.2, 0.25) is 0 Å². The first-order valence-corrected chi connectivity index (χ1v) is 19.3. The SMILES string of the molecule is C=C(C)[C@@H]1CC[C@]2(CC(=O)N3CC[C@@H](N)C3)CC[C@]3(C)[C@H](CC[C@@H]4[C@@]5(C)CC[C@H](OC(=O)CC(C)(C)C(=O)O)C(C)(C)[C@@H]5CC[C@]43C)[C@@H]12. The summed E-state index contributed by atoms with van der Waals surface area (Å²) in [5.74, 6) is 1.59. The number of esters is 1. The van der Waals surface area contributed by atoms with Crippen molar-refractivity contribution >= 4 is 17.8 Å². The van der Waals surface area contributed by atoms with Crippen molar-refractivity contribution in [3.8, 4) is 0 Å². The minimum atomic E-state index is -1.14.